The molecular formula is C11H22O4S. The lowest BCUT2D eigenvalue weighted by Crippen LogP contribution is -2.21. The molecule has 3 fully saturated rings. The molecule has 1 saturated heterocycles. The Labute approximate surface area is 98.1 Å². The molecule has 5 heteroatoms. The molecule has 0 radical (unpaired) electrons. The van der Waals surface area contributed by atoms with Crippen molar-refractivity contribution in [2.75, 3.05) is 6.61 Å². The van der Waals surface area contributed by atoms with Gasteiger partial charge in [0.1, 0.15) is 0 Å². The predicted molar refractivity (Wildman–Crippen MR) is 62.5 cm³/mol. The third-order valence-electron chi connectivity index (χ3n) is 3.32. The van der Waals surface area contributed by atoms with Crippen LogP contribution in [-0.4, -0.2) is 31.5 Å². The van der Waals surface area contributed by atoms with Gasteiger partial charge in [-0.25, -0.2) is 0 Å². The van der Waals surface area contributed by atoms with E-state index >= 15 is 0 Å². The monoisotopic (exact) mass is 250 g/mol. The van der Waals surface area contributed by atoms with Crippen LogP contribution in [0, 0.1) is 11.8 Å². The first-order valence-electron chi connectivity index (χ1n) is 6.11. The Balaban J connectivity index is 0.000000226. The topological polar surface area (TPSA) is 63.6 Å². The largest absolute Gasteiger partial charge is 0.397 e. The first-order chi connectivity index (χ1) is 7.58. The third kappa shape index (κ3) is 2.41. The number of hydrogen-bond acceptors (Lipinski definition) is 4. The minimum Gasteiger partial charge on any atom is -0.397 e. The van der Waals surface area contributed by atoms with Crippen LogP contribution >= 0.6 is 0 Å². The maximum Gasteiger partial charge on any atom is 0.270 e. The van der Waals surface area contributed by atoms with Crippen molar-refractivity contribution in [3.05, 3.63) is 0 Å². The molecule has 96 valence electrons. The zero-order chi connectivity index (χ0) is 12.3. The standard InChI is InChI=1S/C7H10O3S.C2H6O.C2H6/c8-11(9)7-3-4-1-5(7)6(2-4)10-11;1-2-3;1-2/h4-7H,1-3H2;3H,2H2,1H3;1-2H3. The summed E-state index contributed by atoms with van der Waals surface area (Å²) < 4.78 is 27.5. The van der Waals surface area contributed by atoms with Crippen LogP contribution in [0.2, 0.25) is 0 Å². The summed E-state index contributed by atoms with van der Waals surface area (Å²) in [6, 6.07) is 0. The first-order valence-corrected chi connectivity index (χ1v) is 7.58. The van der Waals surface area contributed by atoms with E-state index in [1.54, 1.807) is 6.92 Å². The van der Waals surface area contributed by atoms with Gasteiger partial charge >= 0.3 is 0 Å². The summed E-state index contributed by atoms with van der Waals surface area (Å²) in [7, 11) is -3.13. The van der Waals surface area contributed by atoms with Gasteiger partial charge in [-0.15, -0.1) is 0 Å². The molecule has 16 heavy (non-hydrogen) atoms. The molecule has 0 aromatic heterocycles. The molecule has 3 aliphatic rings. The molecule has 4 atom stereocenters. The van der Waals surface area contributed by atoms with Gasteiger partial charge < -0.3 is 5.11 Å². The predicted octanol–water partition coefficient (Wildman–Crippen LogP) is 1.54. The summed E-state index contributed by atoms with van der Waals surface area (Å²) in [5, 5.41) is 7.44. The third-order valence-corrected chi connectivity index (χ3v) is 5.12. The second-order valence-corrected chi connectivity index (χ2v) is 6.00. The van der Waals surface area contributed by atoms with Crippen LogP contribution in [0.25, 0.3) is 0 Å². The maximum atomic E-state index is 11.3. The van der Waals surface area contributed by atoms with E-state index in [1.165, 1.54) is 0 Å². The van der Waals surface area contributed by atoms with Crippen molar-refractivity contribution in [2.24, 2.45) is 11.8 Å². The lowest BCUT2D eigenvalue weighted by Gasteiger charge is -2.11. The molecule has 0 aromatic rings. The van der Waals surface area contributed by atoms with Crippen LogP contribution in [0.1, 0.15) is 40.0 Å². The molecule has 0 aromatic carbocycles. The highest BCUT2D eigenvalue weighted by molar-refractivity contribution is 7.87. The van der Waals surface area contributed by atoms with Gasteiger partial charge in [-0.1, -0.05) is 13.8 Å². The van der Waals surface area contributed by atoms with Crippen LogP contribution in [0.4, 0.5) is 0 Å². The van der Waals surface area contributed by atoms with E-state index in [0.29, 0.717) is 11.8 Å². The SMILES string of the molecule is CC.CCO.O=S1(=O)OC2CC3CC2C1C3. The lowest BCUT2D eigenvalue weighted by atomic mass is 9.98. The number of fused-ring (bicyclic) bond motifs is 1. The second-order valence-electron chi connectivity index (χ2n) is 4.22. The van der Waals surface area contributed by atoms with Crippen molar-refractivity contribution in [1.82, 2.24) is 0 Å². The van der Waals surface area contributed by atoms with Gasteiger partial charge in [0.15, 0.2) is 0 Å². The molecule has 1 N–H and O–H groups in total. The molecule has 4 unspecified atom stereocenters. The van der Waals surface area contributed by atoms with E-state index in [0.717, 1.165) is 19.3 Å². The van der Waals surface area contributed by atoms with Crippen molar-refractivity contribution < 1.29 is 17.7 Å². The summed E-state index contributed by atoms with van der Waals surface area (Å²) in [6.07, 6.45) is 3.00. The summed E-state index contributed by atoms with van der Waals surface area (Å²) in [6.45, 7) is 5.93. The molecule has 2 bridgehead atoms. The minimum atomic E-state index is -3.13. The molecule has 3 rings (SSSR count). The fourth-order valence-electron chi connectivity index (χ4n) is 2.91. The minimum absolute atomic E-state index is 0.0590. The van der Waals surface area contributed by atoms with Gasteiger partial charge in [0.2, 0.25) is 0 Å². The Bertz CT molecular complexity index is 310. The molecular weight excluding hydrogens is 228 g/mol. The Kier molecular flexibility index (Phi) is 4.76. The summed E-state index contributed by atoms with van der Waals surface area (Å²) in [5.41, 5.74) is 0. The Morgan fingerprint density at radius 3 is 2.19 bits per heavy atom. The van der Waals surface area contributed by atoms with Gasteiger partial charge in [-0.05, 0) is 32.1 Å². The number of hydrogen-bond donors (Lipinski definition) is 1. The Morgan fingerprint density at radius 1 is 1.25 bits per heavy atom. The van der Waals surface area contributed by atoms with Crippen LogP contribution in [0.15, 0.2) is 0 Å². The molecule has 4 nitrogen and oxygen atoms in total. The van der Waals surface area contributed by atoms with Gasteiger partial charge in [0, 0.05) is 12.5 Å². The van der Waals surface area contributed by atoms with Crippen LogP contribution in [0.3, 0.4) is 0 Å². The Morgan fingerprint density at radius 2 is 1.81 bits per heavy atom. The lowest BCUT2D eigenvalue weighted by molar-refractivity contribution is 0.196. The fraction of sp³-hybridized carbons (Fsp3) is 1.00. The van der Waals surface area contributed by atoms with Gasteiger partial charge in [-0.3, -0.25) is 4.18 Å². The van der Waals surface area contributed by atoms with Crippen molar-refractivity contribution >= 4 is 10.1 Å². The van der Waals surface area contributed by atoms with E-state index < -0.39 is 10.1 Å². The molecule has 1 aliphatic heterocycles. The molecule has 0 amide bonds. The highest BCUT2D eigenvalue weighted by Crippen LogP contribution is 2.54. The summed E-state index contributed by atoms with van der Waals surface area (Å²) in [5.74, 6) is 0.997. The highest BCUT2D eigenvalue weighted by atomic mass is 32.2. The zero-order valence-corrected chi connectivity index (χ0v) is 11.0. The van der Waals surface area contributed by atoms with Crippen LogP contribution in [0.5, 0.6) is 0 Å². The normalized spacial score (nSPS) is 40.8. The van der Waals surface area contributed by atoms with E-state index in [1.807, 2.05) is 13.8 Å². The fourth-order valence-corrected chi connectivity index (χ4v) is 4.84. The summed E-state index contributed by atoms with van der Waals surface area (Å²) in [4.78, 5) is 0. The summed E-state index contributed by atoms with van der Waals surface area (Å²) >= 11 is 0. The van der Waals surface area contributed by atoms with Crippen molar-refractivity contribution in [2.45, 2.75) is 51.4 Å². The van der Waals surface area contributed by atoms with Crippen molar-refractivity contribution in [3.63, 3.8) is 0 Å². The second kappa shape index (κ2) is 5.47. The van der Waals surface area contributed by atoms with Gasteiger partial charge in [0.25, 0.3) is 10.1 Å². The van der Waals surface area contributed by atoms with Crippen LogP contribution in [-0.2, 0) is 14.3 Å². The van der Waals surface area contributed by atoms with E-state index in [-0.39, 0.29) is 18.0 Å². The van der Waals surface area contributed by atoms with E-state index in [9.17, 15) is 8.42 Å². The first kappa shape index (κ1) is 13.9. The highest BCUT2D eigenvalue weighted by Gasteiger charge is 2.59. The quantitative estimate of drug-likeness (QED) is 0.662. The number of aliphatic hydroxyl groups is 1. The average molecular weight is 250 g/mol. The van der Waals surface area contributed by atoms with Crippen molar-refractivity contribution in [1.29, 1.82) is 0 Å². The number of rotatable bonds is 0. The van der Waals surface area contributed by atoms with E-state index in [4.69, 9.17) is 9.29 Å². The average Bonchev–Trinajstić information content (AvgIpc) is 2.82. The van der Waals surface area contributed by atoms with Gasteiger partial charge in [0.05, 0.1) is 11.4 Å². The van der Waals surface area contributed by atoms with Gasteiger partial charge in [-0.2, -0.15) is 8.42 Å². The molecule has 2 aliphatic carbocycles. The zero-order valence-electron chi connectivity index (χ0n) is 10.2. The molecule has 2 saturated carbocycles. The van der Waals surface area contributed by atoms with Crippen molar-refractivity contribution in [3.8, 4) is 0 Å². The number of aliphatic hydroxyl groups excluding tert-OH is 1. The Hall–Kier alpha value is -0.130. The maximum absolute atomic E-state index is 11.3. The molecule has 1 heterocycles. The van der Waals surface area contributed by atoms with E-state index in [2.05, 4.69) is 0 Å². The smallest absolute Gasteiger partial charge is 0.270 e. The molecule has 0 spiro atoms. The van der Waals surface area contributed by atoms with Crippen LogP contribution < -0.4 is 0 Å².